The summed E-state index contributed by atoms with van der Waals surface area (Å²) in [4.78, 5) is 38.0. The van der Waals surface area contributed by atoms with Crippen LogP contribution in [-0.4, -0.2) is 57.1 Å². The Hall–Kier alpha value is -2.80. The van der Waals surface area contributed by atoms with Gasteiger partial charge in [0.25, 0.3) is 5.56 Å². The van der Waals surface area contributed by atoms with Gasteiger partial charge in [0.2, 0.25) is 0 Å². The van der Waals surface area contributed by atoms with Crippen LogP contribution in [-0.2, 0) is 23.4 Å². The molecular weight excluding hydrogens is 495 g/mol. The Labute approximate surface area is 207 Å². The highest BCUT2D eigenvalue weighted by molar-refractivity contribution is 7.52. The predicted molar refractivity (Wildman–Crippen MR) is 128 cm³/mol. The lowest BCUT2D eigenvalue weighted by Crippen LogP contribution is -2.53. The van der Waals surface area contributed by atoms with Crippen LogP contribution in [0.15, 0.2) is 52.2 Å². The van der Waals surface area contributed by atoms with Crippen LogP contribution in [0, 0.1) is 0 Å². The molecule has 1 fully saturated rings. The SMILES string of the molecule is CC(C)OC(=O)C(C)NP(=O)(OCC1OC(n2ccc(=O)[nH]c2=O)C(C)(N)C1O)Oc1ccccc1. The van der Waals surface area contributed by atoms with Gasteiger partial charge in [-0.1, -0.05) is 18.2 Å². The Morgan fingerprint density at radius 3 is 2.56 bits per heavy atom. The summed E-state index contributed by atoms with van der Waals surface area (Å²) >= 11 is 0. The minimum atomic E-state index is -4.22. The minimum Gasteiger partial charge on any atom is -0.462 e. The summed E-state index contributed by atoms with van der Waals surface area (Å²) in [6, 6.07) is 8.19. The number of esters is 1. The third kappa shape index (κ3) is 6.49. The molecule has 0 aliphatic carbocycles. The van der Waals surface area contributed by atoms with Gasteiger partial charge in [0, 0.05) is 12.3 Å². The van der Waals surface area contributed by atoms with E-state index in [0.717, 1.165) is 10.6 Å². The van der Waals surface area contributed by atoms with Gasteiger partial charge in [0.05, 0.1) is 18.2 Å². The van der Waals surface area contributed by atoms with Crippen molar-refractivity contribution in [3.05, 3.63) is 63.4 Å². The molecule has 2 heterocycles. The Morgan fingerprint density at radius 1 is 1.28 bits per heavy atom. The van der Waals surface area contributed by atoms with Gasteiger partial charge in [-0.25, -0.2) is 9.36 Å². The van der Waals surface area contributed by atoms with Crippen molar-refractivity contribution in [1.29, 1.82) is 0 Å². The molecule has 1 aromatic heterocycles. The molecule has 36 heavy (non-hydrogen) atoms. The van der Waals surface area contributed by atoms with Crippen LogP contribution in [0.3, 0.4) is 0 Å². The van der Waals surface area contributed by atoms with Crippen LogP contribution < -0.4 is 26.6 Å². The third-order valence-electron chi connectivity index (χ3n) is 5.36. The van der Waals surface area contributed by atoms with Crippen LogP contribution in [0.1, 0.15) is 33.9 Å². The minimum absolute atomic E-state index is 0.201. The van der Waals surface area contributed by atoms with E-state index in [1.807, 2.05) is 0 Å². The summed E-state index contributed by atoms with van der Waals surface area (Å²) in [5.41, 5.74) is 3.39. The van der Waals surface area contributed by atoms with Crippen LogP contribution in [0.25, 0.3) is 0 Å². The number of aromatic amines is 1. The molecule has 0 radical (unpaired) electrons. The summed E-state index contributed by atoms with van der Waals surface area (Å²) in [6.07, 6.45) is -2.88. The number of nitrogens with two attached hydrogens (primary N) is 1. The maximum Gasteiger partial charge on any atom is 0.459 e. The molecule has 1 saturated heterocycles. The third-order valence-corrected chi connectivity index (χ3v) is 7.01. The molecule has 1 aliphatic rings. The number of carbonyl (C=O) groups is 1. The quantitative estimate of drug-likeness (QED) is 0.252. The van der Waals surface area contributed by atoms with E-state index in [-0.39, 0.29) is 5.75 Å². The van der Waals surface area contributed by atoms with Gasteiger partial charge < -0.3 is 24.8 Å². The van der Waals surface area contributed by atoms with Crippen molar-refractivity contribution in [3.8, 4) is 5.75 Å². The molecule has 3 rings (SSSR count). The van der Waals surface area contributed by atoms with E-state index >= 15 is 0 Å². The second kappa shape index (κ2) is 11.1. The summed E-state index contributed by atoms with van der Waals surface area (Å²) in [6.45, 7) is 5.77. The molecule has 6 atom stereocenters. The number of rotatable bonds is 10. The van der Waals surface area contributed by atoms with Crippen molar-refractivity contribution in [1.82, 2.24) is 14.6 Å². The zero-order chi connectivity index (χ0) is 26.7. The molecule has 13 nitrogen and oxygen atoms in total. The monoisotopic (exact) mass is 526 g/mol. The first-order valence-corrected chi connectivity index (χ1v) is 12.8. The average Bonchev–Trinajstić information content (AvgIpc) is 3.01. The van der Waals surface area contributed by atoms with Gasteiger partial charge in [-0.05, 0) is 39.8 Å². The highest BCUT2D eigenvalue weighted by atomic mass is 31.2. The van der Waals surface area contributed by atoms with E-state index in [2.05, 4.69) is 10.1 Å². The zero-order valence-electron chi connectivity index (χ0n) is 20.3. The first-order chi connectivity index (χ1) is 16.8. The molecule has 0 saturated carbocycles. The molecular formula is C22H31N4O9P. The molecule has 0 amide bonds. The molecule has 1 aliphatic heterocycles. The molecule has 198 valence electrons. The van der Waals surface area contributed by atoms with Crippen molar-refractivity contribution >= 4 is 13.7 Å². The number of benzene rings is 1. The second-order valence-electron chi connectivity index (χ2n) is 8.89. The van der Waals surface area contributed by atoms with Gasteiger partial charge in [0.1, 0.15) is 24.0 Å². The topological polar surface area (TPSA) is 184 Å². The molecule has 5 N–H and O–H groups in total. The number of nitrogens with one attached hydrogen (secondary N) is 2. The van der Waals surface area contributed by atoms with E-state index in [4.69, 9.17) is 24.3 Å². The number of aliphatic hydroxyl groups is 1. The van der Waals surface area contributed by atoms with Crippen molar-refractivity contribution in [2.24, 2.45) is 5.73 Å². The Balaban J connectivity index is 1.80. The molecule has 14 heteroatoms. The smallest absolute Gasteiger partial charge is 0.459 e. The molecule has 0 spiro atoms. The molecule has 1 aromatic carbocycles. The van der Waals surface area contributed by atoms with Crippen LogP contribution in [0.5, 0.6) is 5.75 Å². The van der Waals surface area contributed by atoms with E-state index < -0.39 is 67.7 Å². The molecule has 0 bridgehead atoms. The average molecular weight is 526 g/mol. The number of hydrogen-bond acceptors (Lipinski definition) is 10. The van der Waals surface area contributed by atoms with Gasteiger partial charge in [-0.3, -0.25) is 23.7 Å². The van der Waals surface area contributed by atoms with Crippen LogP contribution >= 0.6 is 7.75 Å². The summed E-state index contributed by atoms with van der Waals surface area (Å²) in [5, 5.41) is 13.3. The summed E-state index contributed by atoms with van der Waals surface area (Å²) < 4.78 is 36.7. The van der Waals surface area contributed by atoms with Gasteiger partial charge >= 0.3 is 19.4 Å². The lowest BCUT2D eigenvalue weighted by Gasteiger charge is -2.28. The molecule has 6 unspecified atom stereocenters. The highest BCUT2D eigenvalue weighted by Gasteiger charge is 2.52. The van der Waals surface area contributed by atoms with Crippen LogP contribution in [0.2, 0.25) is 0 Å². The number of ether oxygens (including phenoxy) is 2. The summed E-state index contributed by atoms with van der Waals surface area (Å²) in [7, 11) is -4.22. The second-order valence-corrected chi connectivity index (χ2v) is 10.6. The number of para-hydroxylation sites is 1. The fraction of sp³-hybridized carbons (Fsp3) is 0.500. The standard InChI is InChI=1S/C22H31N4O9P/c1-13(2)33-19(29)14(3)25-36(31,35-15-8-6-5-7-9-15)32-12-16-18(28)22(4,23)20(34-16)26-11-10-17(27)24-21(26)30/h5-11,13-14,16,18,20,28H,12,23H2,1-4H3,(H,25,31)(H,24,27,30). The normalized spacial score (nSPS) is 26.4. The number of nitrogens with zero attached hydrogens (tertiary/aromatic N) is 1. The number of carbonyl (C=O) groups excluding carboxylic acids is 1. The molecule has 2 aromatic rings. The maximum atomic E-state index is 13.6. The van der Waals surface area contributed by atoms with Crippen LogP contribution in [0.4, 0.5) is 0 Å². The lowest BCUT2D eigenvalue weighted by molar-refractivity contribution is -0.149. The van der Waals surface area contributed by atoms with Gasteiger partial charge in [-0.15, -0.1) is 0 Å². The fourth-order valence-electron chi connectivity index (χ4n) is 3.55. The fourth-order valence-corrected chi connectivity index (χ4v) is 5.05. The number of H-pyrrole nitrogens is 1. The van der Waals surface area contributed by atoms with E-state index in [9.17, 15) is 24.1 Å². The Kier molecular flexibility index (Phi) is 8.55. The van der Waals surface area contributed by atoms with E-state index in [1.54, 1.807) is 44.2 Å². The Morgan fingerprint density at radius 2 is 1.94 bits per heavy atom. The zero-order valence-corrected chi connectivity index (χ0v) is 21.2. The van der Waals surface area contributed by atoms with Gasteiger partial charge in [0.15, 0.2) is 6.23 Å². The van der Waals surface area contributed by atoms with Crippen molar-refractivity contribution in [2.45, 2.75) is 63.8 Å². The summed E-state index contributed by atoms with van der Waals surface area (Å²) in [5.74, 6) is -0.471. The maximum absolute atomic E-state index is 13.6. The number of hydrogen-bond donors (Lipinski definition) is 4. The Bertz CT molecular complexity index is 1210. The first kappa shape index (κ1) is 27.8. The van der Waals surface area contributed by atoms with Crippen molar-refractivity contribution in [2.75, 3.05) is 6.61 Å². The predicted octanol–water partition coefficient (Wildman–Crippen LogP) is 0.646. The lowest BCUT2D eigenvalue weighted by atomic mass is 9.93. The van der Waals surface area contributed by atoms with Crippen molar-refractivity contribution < 1.29 is 33.0 Å². The van der Waals surface area contributed by atoms with E-state index in [0.29, 0.717) is 0 Å². The largest absolute Gasteiger partial charge is 0.462 e. The van der Waals surface area contributed by atoms with Crippen molar-refractivity contribution in [3.63, 3.8) is 0 Å². The number of aromatic nitrogens is 2. The van der Waals surface area contributed by atoms with Gasteiger partial charge in [-0.2, -0.15) is 5.09 Å². The number of aliphatic hydroxyl groups excluding tert-OH is 1. The first-order valence-electron chi connectivity index (χ1n) is 11.2. The highest BCUT2D eigenvalue weighted by Crippen LogP contribution is 2.46. The van der Waals surface area contributed by atoms with E-state index in [1.165, 1.54) is 20.0 Å².